The standard InChI is InChI=1S/C20H17FN2O5/c1-12-6-7-14-13(10-27-17(14)8-12)9-19(25)28-11-18(24)22-23-20(26)15-4-2-3-5-16(15)21/h2-8,10H,9,11H2,1H3,(H,22,24)(H,23,26). The van der Waals surface area contributed by atoms with Crippen molar-refractivity contribution in [2.24, 2.45) is 0 Å². The topological polar surface area (TPSA) is 97.6 Å². The molecule has 28 heavy (non-hydrogen) atoms. The van der Waals surface area contributed by atoms with Gasteiger partial charge in [-0.15, -0.1) is 0 Å². The minimum absolute atomic E-state index is 0.0646. The molecule has 7 nitrogen and oxygen atoms in total. The van der Waals surface area contributed by atoms with Gasteiger partial charge in [0.2, 0.25) is 0 Å². The van der Waals surface area contributed by atoms with E-state index in [9.17, 15) is 18.8 Å². The maximum Gasteiger partial charge on any atom is 0.310 e. The Kier molecular flexibility index (Phi) is 5.69. The molecular weight excluding hydrogens is 367 g/mol. The van der Waals surface area contributed by atoms with Crippen LogP contribution in [0, 0.1) is 12.7 Å². The number of hydrogen-bond donors (Lipinski definition) is 2. The Hall–Kier alpha value is -3.68. The smallest absolute Gasteiger partial charge is 0.310 e. The lowest BCUT2D eigenvalue weighted by Crippen LogP contribution is -2.43. The van der Waals surface area contributed by atoms with Gasteiger partial charge in [0, 0.05) is 10.9 Å². The summed E-state index contributed by atoms with van der Waals surface area (Å²) in [6.45, 7) is 1.34. The first kappa shape index (κ1) is 19.1. The van der Waals surface area contributed by atoms with Crippen molar-refractivity contribution in [1.29, 1.82) is 0 Å². The van der Waals surface area contributed by atoms with E-state index < -0.39 is 30.2 Å². The van der Waals surface area contributed by atoms with Gasteiger partial charge in [0.05, 0.1) is 18.2 Å². The number of halogens is 1. The number of carbonyl (C=O) groups excluding carboxylic acids is 3. The van der Waals surface area contributed by atoms with Crippen molar-refractivity contribution >= 4 is 28.8 Å². The number of benzene rings is 2. The van der Waals surface area contributed by atoms with Crippen molar-refractivity contribution < 1.29 is 27.9 Å². The normalized spacial score (nSPS) is 10.5. The van der Waals surface area contributed by atoms with E-state index in [0.29, 0.717) is 11.1 Å². The minimum atomic E-state index is -0.821. The number of aryl methyl sites for hydroxylation is 1. The van der Waals surface area contributed by atoms with Crippen molar-refractivity contribution in [1.82, 2.24) is 10.9 Å². The van der Waals surface area contributed by atoms with E-state index in [2.05, 4.69) is 10.9 Å². The van der Waals surface area contributed by atoms with Crippen molar-refractivity contribution in [3.63, 3.8) is 0 Å². The highest BCUT2D eigenvalue weighted by atomic mass is 19.1. The van der Waals surface area contributed by atoms with Crippen LogP contribution >= 0.6 is 0 Å². The van der Waals surface area contributed by atoms with Gasteiger partial charge < -0.3 is 9.15 Å². The molecule has 0 aliphatic carbocycles. The van der Waals surface area contributed by atoms with Crippen LogP contribution in [-0.4, -0.2) is 24.4 Å². The number of fused-ring (bicyclic) bond motifs is 1. The Bertz CT molecular complexity index is 1040. The maximum atomic E-state index is 13.5. The predicted molar refractivity (Wildman–Crippen MR) is 97.6 cm³/mol. The van der Waals surface area contributed by atoms with E-state index in [1.165, 1.54) is 24.5 Å². The van der Waals surface area contributed by atoms with Gasteiger partial charge in [0.1, 0.15) is 11.4 Å². The van der Waals surface area contributed by atoms with E-state index in [-0.39, 0.29) is 12.0 Å². The van der Waals surface area contributed by atoms with Crippen LogP contribution in [0.25, 0.3) is 11.0 Å². The molecule has 0 bridgehead atoms. The molecule has 0 saturated carbocycles. The second-order valence-electron chi connectivity index (χ2n) is 6.08. The molecule has 0 spiro atoms. The molecule has 0 fully saturated rings. The van der Waals surface area contributed by atoms with Gasteiger partial charge in [-0.05, 0) is 30.7 Å². The zero-order chi connectivity index (χ0) is 20.1. The second kappa shape index (κ2) is 8.34. The third-order valence-corrected chi connectivity index (χ3v) is 3.94. The molecule has 0 aliphatic heterocycles. The fourth-order valence-corrected chi connectivity index (χ4v) is 2.56. The summed E-state index contributed by atoms with van der Waals surface area (Å²) in [6, 6.07) is 10.9. The first-order chi connectivity index (χ1) is 13.4. The van der Waals surface area contributed by atoms with Crippen LogP contribution in [0.4, 0.5) is 4.39 Å². The zero-order valence-electron chi connectivity index (χ0n) is 15.0. The van der Waals surface area contributed by atoms with Crippen LogP contribution in [0.15, 0.2) is 53.1 Å². The average Bonchev–Trinajstić information content (AvgIpc) is 3.06. The molecule has 2 aromatic carbocycles. The molecule has 2 amide bonds. The summed E-state index contributed by atoms with van der Waals surface area (Å²) < 4.78 is 23.8. The number of nitrogens with one attached hydrogen (secondary N) is 2. The van der Waals surface area contributed by atoms with Gasteiger partial charge in [-0.2, -0.15) is 0 Å². The van der Waals surface area contributed by atoms with Crippen LogP contribution < -0.4 is 10.9 Å². The Morgan fingerprint density at radius 1 is 1.11 bits per heavy atom. The summed E-state index contributed by atoms with van der Waals surface area (Å²) >= 11 is 0. The van der Waals surface area contributed by atoms with Crippen LogP contribution in [-0.2, 0) is 20.7 Å². The first-order valence-electron chi connectivity index (χ1n) is 8.40. The highest BCUT2D eigenvalue weighted by Gasteiger charge is 2.15. The average molecular weight is 384 g/mol. The van der Waals surface area contributed by atoms with Gasteiger partial charge in [-0.1, -0.05) is 24.3 Å². The number of hydrogen-bond acceptors (Lipinski definition) is 5. The lowest BCUT2D eigenvalue weighted by molar-refractivity contribution is -0.148. The Labute approximate surface area is 159 Å². The lowest BCUT2D eigenvalue weighted by Gasteiger charge is -2.08. The molecule has 1 aromatic heterocycles. The van der Waals surface area contributed by atoms with Crippen LogP contribution in [0.5, 0.6) is 0 Å². The molecule has 8 heteroatoms. The Balaban J connectivity index is 1.47. The molecule has 0 radical (unpaired) electrons. The fourth-order valence-electron chi connectivity index (χ4n) is 2.56. The minimum Gasteiger partial charge on any atom is -0.464 e. The molecule has 2 N–H and O–H groups in total. The number of carbonyl (C=O) groups is 3. The third-order valence-electron chi connectivity index (χ3n) is 3.94. The molecule has 0 unspecified atom stereocenters. The number of amides is 2. The second-order valence-corrected chi connectivity index (χ2v) is 6.08. The Morgan fingerprint density at radius 3 is 2.68 bits per heavy atom. The summed E-state index contributed by atoms with van der Waals surface area (Å²) in [4.78, 5) is 35.4. The fraction of sp³-hybridized carbons (Fsp3) is 0.150. The van der Waals surface area contributed by atoms with Crippen molar-refractivity contribution in [3.05, 3.63) is 71.2 Å². The molecule has 0 aliphatic rings. The van der Waals surface area contributed by atoms with Gasteiger partial charge in [-0.25, -0.2) is 4.39 Å². The number of rotatable bonds is 5. The molecule has 3 rings (SSSR count). The maximum absolute atomic E-state index is 13.5. The molecule has 1 heterocycles. The van der Waals surface area contributed by atoms with Crippen LogP contribution in [0.3, 0.4) is 0 Å². The van der Waals surface area contributed by atoms with Crippen LogP contribution in [0.1, 0.15) is 21.5 Å². The van der Waals surface area contributed by atoms with E-state index in [4.69, 9.17) is 9.15 Å². The highest BCUT2D eigenvalue weighted by Crippen LogP contribution is 2.22. The number of furan rings is 1. The molecule has 144 valence electrons. The van der Waals surface area contributed by atoms with E-state index in [1.54, 1.807) is 0 Å². The third kappa shape index (κ3) is 4.53. The SMILES string of the molecule is Cc1ccc2c(CC(=O)OCC(=O)NNC(=O)c3ccccc3F)coc2c1. The quantitative estimate of drug-likeness (QED) is 0.520. The van der Waals surface area contributed by atoms with E-state index in [0.717, 1.165) is 17.0 Å². The summed E-state index contributed by atoms with van der Waals surface area (Å²) in [5.41, 5.74) is 6.23. The van der Waals surface area contributed by atoms with Gasteiger partial charge in [0.15, 0.2) is 6.61 Å². The number of ether oxygens (including phenoxy) is 1. The van der Waals surface area contributed by atoms with E-state index >= 15 is 0 Å². The monoisotopic (exact) mass is 384 g/mol. The number of hydrazine groups is 1. The van der Waals surface area contributed by atoms with Gasteiger partial charge >= 0.3 is 5.97 Å². The van der Waals surface area contributed by atoms with E-state index in [1.807, 2.05) is 25.1 Å². The van der Waals surface area contributed by atoms with Gasteiger partial charge in [0.25, 0.3) is 11.8 Å². The zero-order valence-corrected chi connectivity index (χ0v) is 15.0. The van der Waals surface area contributed by atoms with Crippen molar-refractivity contribution in [3.8, 4) is 0 Å². The lowest BCUT2D eigenvalue weighted by atomic mass is 10.1. The predicted octanol–water partition coefficient (Wildman–Crippen LogP) is 2.43. The van der Waals surface area contributed by atoms with Crippen LogP contribution in [0.2, 0.25) is 0 Å². The van der Waals surface area contributed by atoms with Crippen molar-refractivity contribution in [2.75, 3.05) is 6.61 Å². The highest BCUT2D eigenvalue weighted by molar-refractivity contribution is 5.95. The molecular formula is C20H17FN2O5. The number of esters is 1. The largest absolute Gasteiger partial charge is 0.464 e. The molecule has 3 aromatic rings. The summed E-state index contributed by atoms with van der Waals surface area (Å²) in [7, 11) is 0. The van der Waals surface area contributed by atoms with Crippen molar-refractivity contribution in [2.45, 2.75) is 13.3 Å². The summed E-state index contributed by atoms with van der Waals surface area (Å²) in [6.07, 6.45) is 1.41. The van der Waals surface area contributed by atoms with Gasteiger partial charge in [-0.3, -0.25) is 25.2 Å². The first-order valence-corrected chi connectivity index (χ1v) is 8.40. The molecule has 0 atom stereocenters. The summed E-state index contributed by atoms with van der Waals surface area (Å²) in [5, 5.41) is 0.796. The summed E-state index contributed by atoms with van der Waals surface area (Å²) in [5.74, 6) is -2.93. The Morgan fingerprint density at radius 2 is 1.89 bits per heavy atom. The molecule has 0 saturated heterocycles.